The Morgan fingerprint density at radius 2 is 2.10 bits per heavy atom. The number of rotatable bonds is 6. The van der Waals surface area contributed by atoms with E-state index in [1.165, 1.54) is 19.2 Å². The van der Waals surface area contributed by atoms with Gasteiger partial charge in [-0.1, -0.05) is 0 Å². The fourth-order valence-electron chi connectivity index (χ4n) is 2.12. The van der Waals surface area contributed by atoms with Crippen molar-refractivity contribution in [3.63, 3.8) is 0 Å². The summed E-state index contributed by atoms with van der Waals surface area (Å²) < 4.78 is 25.4. The molecule has 0 unspecified atom stereocenters. The van der Waals surface area contributed by atoms with E-state index in [-0.39, 0.29) is 22.8 Å². The summed E-state index contributed by atoms with van der Waals surface area (Å²) in [5, 5.41) is 23.9. The van der Waals surface area contributed by atoms with Gasteiger partial charge in [-0.3, -0.25) is 10.1 Å². The van der Waals surface area contributed by atoms with E-state index in [1.807, 2.05) is 0 Å². The topological polar surface area (TPSA) is 122 Å². The molecular formula is C12H17N3O5S. The Morgan fingerprint density at radius 3 is 2.57 bits per heavy atom. The minimum absolute atomic E-state index is 0.176. The fraction of sp³-hybridized carbons (Fsp3) is 0.500. The van der Waals surface area contributed by atoms with Crippen molar-refractivity contribution in [1.82, 2.24) is 4.72 Å². The Hall–Kier alpha value is -1.71. The van der Waals surface area contributed by atoms with E-state index in [9.17, 15) is 23.6 Å². The molecule has 1 aliphatic rings. The van der Waals surface area contributed by atoms with Crippen LogP contribution >= 0.6 is 0 Å². The maximum atomic E-state index is 11.7. The largest absolute Gasteiger partial charge is 0.388 e. The lowest BCUT2D eigenvalue weighted by atomic mass is 9.80. The minimum Gasteiger partial charge on any atom is -0.388 e. The van der Waals surface area contributed by atoms with Gasteiger partial charge in [-0.05, 0) is 38.4 Å². The lowest BCUT2D eigenvalue weighted by Crippen LogP contribution is -2.43. The number of sulfonamides is 1. The van der Waals surface area contributed by atoms with Crippen LogP contribution in [0.5, 0.6) is 0 Å². The zero-order chi connectivity index (χ0) is 15.7. The Labute approximate surface area is 122 Å². The molecule has 0 saturated heterocycles. The fourth-order valence-corrected chi connectivity index (χ4v) is 2.87. The number of nitro groups is 1. The van der Waals surface area contributed by atoms with Crippen molar-refractivity contribution in [2.45, 2.75) is 29.8 Å². The van der Waals surface area contributed by atoms with Crippen molar-refractivity contribution in [2.75, 3.05) is 18.9 Å². The Kier molecular flexibility index (Phi) is 4.17. The van der Waals surface area contributed by atoms with E-state index in [0.717, 1.165) is 12.5 Å². The highest BCUT2D eigenvalue weighted by Crippen LogP contribution is 2.33. The van der Waals surface area contributed by atoms with Gasteiger partial charge in [0.1, 0.15) is 5.69 Å². The number of nitrogens with zero attached hydrogens (tertiary/aromatic N) is 1. The normalized spacial score (nSPS) is 17.0. The average molecular weight is 315 g/mol. The first-order valence-corrected chi connectivity index (χ1v) is 7.94. The van der Waals surface area contributed by atoms with Gasteiger partial charge < -0.3 is 10.4 Å². The van der Waals surface area contributed by atoms with Crippen LogP contribution in [0.1, 0.15) is 19.3 Å². The molecule has 3 N–H and O–H groups in total. The second-order valence-corrected chi connectivity index (χ2v) is 6.96. The highest BCUT2D eigenvalue weighted by Gasteiger charge is 2.34. The molecule has 0 spiro atoms. The number of anilines is 1. The lowest BCUT2D eigenvalue weighted by molar-refractivity contribution is -0.384. The molecule has 0 heterocycles. The van der Waals surface area contributed by atoms with E-state index in [0.29, 0.717) is 12.8 Å². The van der Waals surface area contributed by atoms with Crippen molar-refractivity contribution < 1.29 is 18.4 Å². The standard InChI is InChI=1S/C12H17N3O5S/c1-13-21(19,20)9-3-4-10(11(7-9)15(17)18)14-8-12(16)5-2-6-12/h3-4,7,13-14,16H,2,5-6,8H2,1H3. The Morgan fingerprint density at radius 1 is 1.43 bits per heavy atom. The van der Waals surface area contributed by atoms with Gasteiger partial charge in [-0.15, -0.1) is 0 Å². The molecule has 1 aromatic rings. The molecule has 1 fully saturated rings. The monoisotopic (exact) mass is 315 g/mol. The Bertz CT molecular complexity index is 655. The van der Waals surface area contributed by atoms with Crippen LogP contribution in [0.4, 0.5) is 11.4 Å². The van der Waals surface area contributed by atoms with E-state index in [2.05, 4.69) is 10.0 Å². The SMILES string of the molecule is CNS(=O)(=O)c1ccc(NCC2(O)CCC2)c([N+](=O)[O-])c1. The number of nitrogens with one attached hydrogen (secondary N) is 2. The van der Waals surface area contributed by atoms with Gasteiger partial charge in [0.2, 0.25) is 10.0 Å². The summed E-state index contributed by atoms with van der Waals surface area (Å²) in [6, 6.07) is 3.62. The second-order valence-electron chi connectivity index (χ2n) is 5.08. The number of aliphatic hydroxyl groups is 1. The number of hydrogen-bond acceptors (Lipinski definition) is 6. The van der Waals surface area contributed by atoms with Crippen LogP contribution in [-0.2, 0) is 10.0 Å². The van der Waals surface area contributed by atoms with Crippen LogP contribution in [0.3, 0.4) is 0 Å². The lowest BCUT2D eigenvalue weighted by Gasteiger charge is -2.36. The van der Waals surface area contributed by atoms with Crippen molar-refractivity contribution in [3.05, 3.63) is 28.3 Å². The summed E-state index contributed by atoms with van der Waals surface area (Å²) in [4.78, 5) is 10.3. The van der Waals surface area contributed by atoms with Gasteiger partial charge in [0, 0.05) is 12.6 Å². The molecule has 0 bridgehead atoms. The third-order valence-electron chi connectivity index (χ3n) is 3.64. The molecule has 1 aliphatic carbocycles. The molecule has 8 nitrogen and oxygen atoms in total. The van der Waals surface area contributed by atoms with Crippen molar-refractivity contribution in [3.8, 4) is 0 Å². The van der Waals surface area contributed by atoms with Crippen molar-refractivity contribution >= 4 is 21.4 Å². The van der Waals surface area contributed by atoms with Crippen molar-refractivity contribution in [2.24, 2.45) is 0 Å². The van der Waals surface area contributed by atoms with Crippen LogP contribution < -0.4 is 10.0 Å². The van der Waals surface area contributed by atoms with Gasteiger partial charge >= 0.3 is 0 Å². The maximum Gasteiger partial charge on any atom is 0.293 e. The first-order valence-electron chi connectivity index (χ1n) is 6.46. The molecule has 9 heteroatoms. The third-order valence-corrected chi connectivity index (χ3v) is 5.05. The van der Waals surface area contributed by atoms with E-state index >= 15 is 0 Å². The van der Waals surface area contributed by atoms with Crippen LogP contribution in [0.25, 0.3) is 0 Å². The molecule has 1 saturated carbocycles. The molecule has 1 aromatic carbocycles. The minimum atomic E-state index is -3.74. The van der Waals surface area contributed by atoms with Gasteiger partial charge in [0.25, 0.3) is 5.69 Å². The summed E-state index contributed by atoms with van der Waals surface area (Å²) >= 11 is 0. The number of nitro benzene ring substituents is 1. The zero-order valence-corrected chi connectivity index (χ0v) is 12.3. The van der Waals surface area contributed by atoms with Gasteiger partial charge in [0.15, 0.2) is 0 Å². The van der Waals surface area contributed by atoms with Crippen LogP contribution in [-0.4, -0.2) is 37.6 Å². The molecule has 116 valence electrons. The van der Waals surface area contributed by atoms with Crippen molar-refractivity contribution in [1.29, 1.82) is 0 Å². The van der Waals surface area contributed by atoms with E-state index in [4.69, 9.17) is 0 Å². The van der Waals surface area contributed by atoms with Crippen LogP contribution in [0.2, 0.25) is 0 Å². The highest BCUT2D eigenvalue weighted by molar-refractivity contribution is 7.89. The Balaban J connectivity index is 2.27. The quantitative estimate of drug-likeness (QED) is 0.528. The predicted octanol–water partition coefficient (Wildman–Crippen LogP) is 0.830. The number of hydrogen-bond donors (Lipinski definition) is 3. The molecule has 21 heavy (non-hydrogen) atoms. The zero-order valence-electron chi connectivity index (χ0n) is 11.5. The van der Waals surface area contributed by atoms with E-state index in [1.54, 1.807) is 0 Å². The molecular weight excluding hydrogens is 298 g/mol. The molecule has 2 rings (SSSR count). The third kappa shape index (κ3) is 3.31. The molecule has 0 aromatic heterocycles. The smallest absolute Gasteiger partial charge is 0.293 e. The summed E-state index contributed by atoms with van der Waals surface area (Å²) in [5.41, 5.74) is -0.978. The van der Waals surface area contributed by atoms with Gasteiger partial charge in [-0.25, -0.2) is 13.1 Å². The first-order chi connectivity index (χ1) is 9.77. The molecule has 0 radical (unpaired) electrons. The van der Waals surface area contributed by atoms with E-state index < -0.39 is 20.5 Å². The summed E-state index contributed by atoms with van der Waals surface area (Å²) in [5.74, 6) is 0. The summed E-state index contributed by atoms with van der Waals surface area (Å²) in [7, 11) is -2.50. The average Bonchev–Trinajstić information content (AvgIpc) is 2.42. The second kappa shape index (κ2) is 5.58. The van der Waals surface area contributed by atoms with Gasteiger partial charge in [0.05, 0.1) is 15.4 Å². The van der Waals surface area contributed by atoms with Gasteiger partial charge in [-0.2, -0.15) is 0 Å². The molecule has 0 amide bonds. The molecule has 0 atom stereocenters. The van der Waals surface area contributed by atoms with Crippen LogP contribution in [0, 0.1) is 10.1 Å². The first kappa shape index (κ1) is 15.7. The summed E-state index contributed by atoms with van der Waals surface area (Å²) in [6.07, 6.45) is 2.24. The summed E-state index contributed by atoms with van der Waals surface area (Å²) in [6.45, 7) is 0.200. The molecule has 0 aliphatic heterocycles. The predicted molar refractivity (Wildman–Crippen MR) is 76.6 cm³/mol. The highest BCUT2D eigenvalue weighted by atomic mass is 32.2. The van der Waals surface area contributed by atoms with Crippen LogP contribution in [0.15, 0.2) is 23.1 Å². The maximum absolute atomic E-state index is 11.7. The number of benzene rings is 1.